The summed E-state index contributed by atoms with van der Waals surface area (Å²) < 4.78 is 4.89. The van der Waals surface area contributed by atoms with Crippen molar-refractivity contribution in [1.29, 1.82) is 0 Å². The van der Waals surface area contributed by atoms with E-state index in [-0.39, 0.29) is 0 Å². The van der Waals surface area contributed by atoms with Crippen molar-refractivity contribution >= 4 is 11.1 Å². The summed E-state index contributed by atoms with van der Waals surface area (Å²) >= 11 is 0. The molecule has 3 nitrogen and oxygen atoms in total. The number of H-pyrrole nitrogens is 1. The maximum absolute atomic E-state index is 10.8. The number of fused-ring (bicyclic) bond motifs is 1. The van der Waals surface area contributed by atoms with Crippen molar-refractivity contribution in [3.05, 3.63) is 34.3 Å². The Hall–Kier alpha value is -1.51. The number of benzene rings is 1. The third-order valence-corrected chi connectivity index (χ3v) is 2.11. The van der Waals surface area contributed by atoms with E-state index in [9.17, 15) is 4.79 Å². The van der Waals surface area contributed by atoms with Gasteiger partial charge in [0.2, 0.25) is 0 Å². The Kier molecular flexibility index (Phi) is 3.72. The van der Waals surface area contributed by atoms with Gasteiger partial charge in [0.05, 0.1) is 5.52 Å². The van der Waals surface area contributed by atoms with E-state index in [1.54, 1.807) is 0 Å². The highest BCUT2D eigenvalue weighted by molar-refractivity contribution is 5.72. The van der Waals surface area contributed by atoms with Crippen molar-refractivity contribution in [3.63, 3.8) is 0 Å². The number of oxazole rings is 1. The maximum atomic E-state index is 10.8. The van der Waals surface area contributed by atoms with Crippen LogP contribution in [-0.2, 0) is 0 Å². The molecule has 0 amide bonds. The quantitative estimate of drug-likeness (QED) is 0.780. The molecule has 0 radical (unpaired) electrons. The van der Waals surface area contributed by atoms with Crippen LogP contribution < -0.4 is 5.76 Å². The molecule has 0 saturated heterocycles. The topological polar surface area (TPSA) is 46.0 Å². The minimum atomic E-state index is -0.393. The Bertz CT molecular complexity index is 480. The van der Waals surface area contributed by atoms with Gasteiger partial charge >= 0.3 is 5.76 Å². The predicted molar refractivity (Wildman–Crippen MR) is 62.3 cm³/mol. The highest BCUT2D eigenvalue weighted by atomic mass is 16.4. The van der Waals surface area contributed by atoms with Gasteiger partial charge < -0.3 is 4.42 Å². The number of hydrogen-bond acceptors (Lipinski definition) is 2. The molecular weight excluding hydrogens is 190 g/mol. The molecule has 0 spiro atoms. The molecule has 1 aromatic heterocycles. The number of aromatic amines is 1. The molecule has 0 aliphatic rings. The second-order valence-corrected chi connectivity index (χ2v) is 3.42. The van der Waals surface area contributed by atoms with Crippen molar-refractivity contribution in [2.24, 2.45) is 0 Å². The first-order valence-electron chi connectivity index (χ1n) is 5.29. The Morgan fingerprint density at radius 3 is 2.53 bits per heavy atom. The SMILES string of the molecule is CC.CC(C)c1ccc2oc(=O)[nH]c2c1. The molecular formula is C12H17NO2. The lowest BCUT2D eigenvalue weighted by molar-refractivity contribution is 0.555. The van der Waals surface area contributed by atoms with E-state index < -0.39 is 5.76 Å². The molecule has 0 unspecified atom stereocenters. The zero-order valence-electron chi connectivity index (χ0n) is 9.63. The molecule has 0 aliphatic heterocycles. The summed E-state index contributed by atoms with van der Waals surface area (Å²) in [5.74, 6) is 0.0682. The van der Waals surface area contributed by atoms with Crippen LogP contribution in [0.2, 0.25) is 0 Å². The average molecular weight is 207 g/mol. The smallest absolute Gasteiger partial charge is 0.408 e. The molecule has 1 aromatic carbocycles. The lowest BCUT2D eigenvalue weighted by Gasteiger charge is -2.02. The molecule has 15 heavy (non-hydrogen) atoms. The van der Waals surface area contributed by atoms with Crippen molar-refractivity contribution in [2.45, 2.75) is 33.6 Å². The van der Waals surface area contributed by atoms with Gasteiger partial charge in [0.1, 0.15) is 0 Å². The van der Waals surface area contributed by atoms with Crippen LogP contribution in [0.5, 0.6) is 0 Å². The minimum Gasteiger partial charge on any atom is -0.408 e. The van der Waals surface area contributed by atoms with Gasteiger partial charge in [0.25, 0.3) is 0 Å². The third-order valence-electron chi connectivity index (χ3n) is 2.11. The van der Waals surface area contributed by atoms with Gasteiger partial charge in [-0.1, -0.05) is 33.8 Å². The molecule has 2 rings (SSSR count). The Morgan fingerprint density at radius 1 is 1.27 bits per heavy atom. The van der Waals surface area contributed by atoms with Gasteiger partial charge in [-0.05, 0) is 23.6 Å². The van der Waals surface area contributed by atoms with Crippen LogP contribution in [0, 0.1) is 0 Å². The summed E-state index contributed by atoms with van der Waals surface area (Å²) in [6, 6.07) is 5.75. The van der Waals surface area contributed by atoms with Gasteiger partial charge in [0.15, 0.2) is 5.58 Å². The molecule has 0 fully saturated rings. The zero-order valence-corrected chi connectivity index (χ0v) is 9.63. The summed E-state index contributed by atoms with van der Waals surface area (Å²) in [4.78, 5) is 13.5. The van der Waals surface area contributed by atoms with Gasteiger partial charge in [-0.25, -0.2) is 4.79 Å². The zero-order chi connectivity index (χ0) is 11.4. The highest BCUT2D eigenvalue weighted by Crippen LogP contribution is 2.18. The minimum absolute atomic E-state index is 0.393. The van der Waals surface area contributed by atoms with Gasteiger partial charge in [-0.3, -0.25) is 4.98 Å². The molecule has 0 aliphatic carbocycles. The fraction of sp³-hybridized carbons (Fsp3) is 0.417. The summed E-state index contributed by atoms with van der Waals surface area (Å²) in [6.07, 6.45) is 0. The molecule has 0 atom stereocenters. The van der Waals surface area contributed by atoms with Crippen LogP contribution in [0.1, 0.15) is 39.2 Å². The van der Waals surface area contributed by atoms with E-state index in [0.717, 1.165) is 5.52 Å². The lowest BCUT2D eigenvalue weighted by Crippen LogP contribution is -1.93. The largest absolute Gasteiger partial charge is 0.417 e. The van der Waals surface area contributed by atoms with E-state index in [2.05, 4.69) is 18.8 Å². The summed E-state index contributed by atoms with van der Waals surface area (Å²) in [5.41, 5.74) is 2.59. The molecule has 82 valence electrons. The van der Waals surface area contributed by atoms with Crippen molar-refractivity contribution < 1.29 is 4.42 Å². The maximum Gasteiger partial charge on any atom is 0.417 e. The van der Waals surface area contributed by atoms with Gasteiger partial charge in [-0.15, -0.1) is 0 Å². The fourth-order valence-corrected chi connectivity index (χ4v) is 1.33. The predicted octanol–water partition coefficient (Wildman–Crippen LogP) is 3.27. The van der Waals surface area contributed by atoms with E-state index in [1.807, 2.05) is 32.0 Å². The normalized spacial score (nSPS) is 10.2. The number of nitrogens with one attached hydrogen (secondary N) is 1. The average Bonchev–Trinajstić information content (AvgIpc) is 2.59. The Balaban J connectivity index is 0.000000531. The van der Waals surface area contributed by atoms with Crippen molar-refractivity contribution in [1.82, 2.24) is 4.98 Å². The molecule has 0 bridgehead atoms. The Labute approximate surface area is 89.1 Å². The first-order valence-corrected chi connectivity index (χ1v) is 5.29. The first-order chi connectivity index (χ1) is 7.16. The van der Waals surface area contributed by atoms with Crippen molar-refractivity contribution in [2.75, 3.05) is 0 Å². The molecule has 3 heteroatoms. The summed E-state index contributed by atoms with van der Waals surface area (Å²) in [7, 11) is 0. The van der Waals surface area contributed by atoms with Crippen LogP contribution in [0.4, 0.5) is 0 Å². The summed E-state index contributed by atoms with van der Waals surface area (Å²) in [6.45, 7) is 8.22. The van der Waals surface area contributed by atoms with E-state index in [1.165, 1.54) is 5.56 Å². The van der Waals surface area contributed by atoms with Crippen LogP contribution in [0.15, 0.2) is 27.4 Å². The summed E-state index contributed by atoms with van der Waals surface area (Å²) in [5, 5.41) is 0. The number of hydrogen-bond donors (Lipinski definition) is 1. The van der Waals surface area contributed by atoms with Crippen molar-refractivity contribution in [3.8, 4) is 0 Å². The van der Waals surface area contributed by atoms with Crippen LogP contribution in [0.25, 0.3) is 11.1 Å². The van der Waals surface area contributed by atoms with Crippen LogP contribution >= 0.6 is 0 Å². The van der Waals surface area contributed by atoms with E-state index in [4.69, 9.17) is 4.42 Å². The molecule has 1 heterocycles. The second kappa shape index (κ2) is 4.82. The fourth-order valence-electron chi connectivity index (χ4n) is 1.33. The number of aromatic nitrogens is 1. The van der Waals surface area contributed by atoms with Gasteiger partial charge in [-0.2, -0.15) is 0 Å². The monoisotopic (exact) mass is 207 g/mol. The Morgan fingerprint density at radius 2 is 1.93 bits per heavy atom. The van der Waals surface area contributed by atoms with Crippen LogP contribution in [-0.4, -0.2) is 4.98 Å². The molecule has 2 aromatic rings. The molecule has 1 N–H and O–H groups in total. The van der Waals surface area contributed by atoms with Gasteiger partial charge in [0, 0.05) is 0 Å². The first kappa shape index (κ1) is 11.6. The van der Waals surface area contributed by atoms with Crippen LogP contribution in [0.3, 0.4) is 0 Å². The number of rotatable bonds is 1. The van der Waals surface area contributed by atoms with E-state index in [0.29, 0.717) is 11.5 Å². The third kappa shape index (κ3) is 2.49. The highest BCUT2D eigenvalue weighted by Gasteiger charge is 2.03. The molecule has 0 saturated carbocycles. The van der Waals surface area contributed by atoms with E-state index >= 15 is 0 Å². The second-order valence-electron chi connectivity index (χ2n) is 3.42. The standard InChI is InChI=1S/C10H11NO2.C2H6/c1-6(2)7-3-4-9-8(5-7)11-10(12)13-9;1-2/h3-6H,1-2H3,(H,11,12);1-2H3. The lowest BCUT2D eigenvalue weighted by atomic mass is 10.0.